The molecule has 1 aromatic carbocycles. The third-order valence-corrected chi connectivity index (χ3v) is 8.22. The Balaban J connectivity index is 1.49. The van der Waals surface area contributed by atoms with Crippen molar-refractivity contribution in [2.75, 3.05) is 26.0 Å². The van der Waals surface area contributed by atoms with E-state index in [1.807, 2.05) is 29.4 Å². The number of piperidine rings is 1. The van der Waals surface area contributed by atoms with E-state index in [1.165, 1.54) is 22.9 Å². The normalized spacial score (nSPS) is 17.4. The number of fused-ring (bicyclic) bond motifs is 2. The number of benzene rings is 1. The van der Waals surface area contributed by atoms with E-state index in [9.17, 15) is 4.79 Å². The Hall–Kier alpha value is -1.78. The monoisotopic (exact) mass is 444 g/mol. The van der Waals surface area contributed by atoms with Gasteiger partial charge in [-0.3, -0.25) is 4.79 Å². The van der Waals surface area contributed by atoms with E-state index in [1.54, 1.807) is 17.8 Å². The standard InChI is InChI=1S/C21H25BN2O4S2/c1-29-20-15(4-7-22(26)27)11-18(30-20)19(25)24-8-5-21(6-9-24)13-28-17-3-2-14(12-23)10-16(17)21/h2-4,7,10-11,26-27H,5-6,8-9,12-13,23H2,1H3. The second-order valence-electron chi connectivity index (χ2n) is 7.73. The molecular formula is C21H25BN2O4S2. The maximum Gasteiger partial charge on any atom is 0.480 e. The van der Waals surface area contributed by atoms with Crippen LogP contribution in [-0.4, -0.2) is 53.9 Å². The molecule has 30 heavy (non-hydrogen) atoms. The number of nitrogens with two attached hydrogens (primary N) is 1. The van der Waals surface area contributed by atoms with Crippen LogP contribution in [0.3, 0.4) is 0 Å². The summed E-state index contributed by atoms with van der Waals surface area (Å²) in [4.78, 5) is 15.7. The quantitative estimate of drug-likeness (QED) is 0.485. The molecule has 2 aliphatic heterocycles. The first-order valence-corrected chi connectivity index (χ1v) is 12.0. The molecule has 4 N–H and O–H groups in total. The van der Waals surface area contributed by atoms with Crippen LogP contribution in [-0.2, 0) is 12.0 Å². The van der Waals surface area contributed by atoms with Crippen LogP contribution >= 0.6 is 23.1 Å². The third-order valence-electron chi connectivity index (χ3n) is 5.93. The zero-order valence-corrected chi connectivity index (χ0v) is 18.5. The van der Waals surface area contributed by atoms with Gasteiger partial charge in [0, 0.05) is 30.6 Å². The van der Waals surface area contributed by atoms with Crippen molar-refractivity contribution >= 4 is 42.2 Å². The van der Waals surface area contributed by atoms with Gasteiger partial charge >= 0.3 is 7.12 Å². The molecule has 0 radical (unpaired) electrons. The summed E-state index contributed by atoms with van der Waals surface area (Å²) in [6.07, 6.45) is 5.33. The molecule has 0 saturated carbocycles. The van der Waals surface area contributed by atoms with Crippen LogP contribution in [0.4, 0.5) is 0 Å². The average Bonchev–Trinajstić information content (AvgIpc) is 3.34. The predicted molar refractivity (Wildman–Crippen MR) is 122 cm³/mol. The lowest BCUT2D eigenvalue weighted by Gasteiger charge is -2.38. The van der Waals surface area contributed by atoms with Gasteiger partial charge in [-0.15, -0.1) is 23.1 Å². The Morgan fingerprint density at radius 3 is 2.80 bits per heavy atom. The maximum absolute atomic E-state index is 13.1. The highest BCUT2D eigenvalue weighted by atomic mass is 32.2. The van der Waals surface area contributed by atoms with Crippen molar-refractivity contribution in [2.45, 2.75) is 29.0 Å². The van der Waals surface area contributed by atoms with Gasteiger partial charge in [-0.25, -0.2) is 0 Å². The van der Waals surface area contributed by atoms with Crippen LogP contribution in [0.25, 0.3) is 6.08 Å². The summed E-state index contributed by atoms with van der Waals surface area (Å²) in [6, 6.07) is 8.03. The molecule has 2 aromatic rings. The van der Waals surface area contributed by atoms with E-state index in [-0.39, 0.29) is 11.3 Å². The van der Waals surface area contributed by atoms with Crippen LogP contribution in [0.5, 0.6) is 5.75 Å². The first-order chi connectivity index (χ1) is 14.5. The largest absolute Gasteiger partial charge is 0.492 e. The molecule has 1 fully saturated rings. The van der Waals surface area contributed by atoms with Crippen molar-refractivity contribution in [3.63, 3.8) is 0 Å². The number of hydrogen-bond donors (Lipinski definition) is 3. The molecule has 1 saturated heterocycles. The molecule has 9 heteroatoms. The second-order valence-corrected chi connectivity index (χ2v) is 9.85. The van der Waals surface area contributed by atoms with Gasteiger partial charge in [0.05, 0.1) is 15.7 Å². The Bertz CT molecular complexity index is 968. The number of nitrogens with zero attached hydrogens (tertiary/aromatic N) is 1. The second kappa shape index (κ2) is 8.76. The topological polar surface area (TPSA) is 96.0 Å². The highest BCUT2D eigenvalue weighted by Gasteiger charge is 2.44. The molecule has 0 aliphatic carbocycles. The van der Waals surface area contributed by atoms with Crippen LogP contribution in [0.2, 0.25) is 0 Å². The van der Waals surface area contributed by atoms with Crippen molar-refractivity contribution in [2.24, 2.45) is 5.73 Å². The van der Waals surface area contributed by atoms with Gasteiger partial charge in [0.1, 0.15) is 5.75 Å². The first-order valence-electron chi connectivity index (χ1n) is 9.93. The van der Waals surface area contributed by atoms with Gasteiger partial charge in [-0.1, -0.05) is 24.2 Å². The molecule has 0 unspecified atom stereocenters. The number of hydrogen-bond acceptors (Lipinski definition) is 7. The van der Waals surface area contributed by atoms with E-state index >= 15 is 0 Å². The lowest BCUT2D eigenvalue weighted by molar-refractivity contribution is 0.0651. The number of thioether (sulfide) groups is 1. The molecular weight excluding hydrogens is 419 g/mol. The smallest absolute Gasteiger partial charge is 0.480 e. The van der Waals surface area contributed by atoms with Gasteiger partial charge in [-0.05, 0) is 42.4 Å². The number of thiophene rings is 1. The minimum atomic E-state index is -1.51. The third kappa shape index (κ3) is 4.05. The van der Waals surface area contributed by atoms with E-state index in [0.717, 1.165) is 33.9 Å². The van der Waals surface area contributed by atoms with Gasteiger partial charge < -0.3 is 25.4 Å². The highest BCUT2D eigenvalue weighted by Crippen LogP contribution is 2.46. The Morgan fingerprint density at radius 2 is 2.13 bits per heavy atom. The van der Waals surface area contributed by atoms with Gasteiger partial charge in [0.2, 0.25) is 0 Å². The summed E-state index contributed by atoms with van der Waals surface area (Å²) in [5, 5.41) is 18.1. The van der Waals surface area contributed by atoms with Gasteiger partial charge in [0.15, 0.2) is 0 Å². The molecule has 0 atom stereocenters. The highest BCUT2D eigenvalue weighted by molar-refractivity contribution is 8.00. The molecule has 158 valence electrons. The van der Waals surface area contributed by atoms with Gasteiger partial charge in [-0.2, -0.15) is 0 Å². The van der Waals surface area contributed by atoms with Crippen molar-refractivity contribution in [3.05, 3.63) is 51.8 Å². The van der Waals surface area contributed by atoms with E-state index in [2.05, 4.69) is 6.07 Å². The predicted octanol–water partition coefficient (Wildman–Crippen LogP) is 2.52. The number of ether oxygens (including phenoxy) is 1. The first kappa shape index (κ1) is 21.5. The number of carbonyl (C=O) groups excluding carboxylic acids is 1. The molecule has 0 bridgehead atoms. The fraction of sp³-hybridized carbons (Fsp3) is 0.381. The van der Waals surface area contributed by atoms with Crippen molar-refractivity contribution < 1.29 is 19.6 Å². The average molecular weight is 444 g/mol. The minimum absolute atomic E-state index is 0.0317. The van der Waals surface area contributed by atoms with Crippen molar-refractivity contribution in [3.8, 4) is 5.75 Å². The molecule has 6 nitrogen and oxygen atoms in total. The molecule has 1 amide bonds. The summed E-state index contributed by atoms with van der Waals surface area (Å²) in [7, 11) is -1.51. The van der Waals surface area contributed by atoms with Crippen LogP contribution in [0.1, 0.15) is 39.2 Å². The Labute approximate surface area is 184 Å². The van der Waals surface area contributed by atoms with Crippen molar-refractivity contribution in [1.29, 1.82) is 0 Å². The number of likely N-dealkylation sites (tertiary alicyclic amines) is 1. The van der Waals surface area contributed by atoms with Crippen LogP contribution in [0.15, 0.2) is 34.5 Å². The summed E-state index contributed by atoms with van der Waals surface area (Å²) in [5.74, 6) is 2.27. The zero-order chi connectivity index (χ0) is 21.3. The number of rotatable bonds is 5. The van der Waals surface area contributed by atoms with E-state index in [4.69, 9.17) is 20.5 Å². The minimum Gasteiger partial charge on any atom is -0.492 e. The molecule has 2 aliphatic rings. The molecule has 1 spiro atoms. The van der Waals surface area contributed by atoms with E-state index < -0.39 is 7.12 Å². The van der Waals surface area contributed by atoms with Crippen LogP contribution in [0, 0.1) is 0 Å². The fourth-order valence-corrected chi connectivity index (χ4v) is 6.02. The number of carbonyl (C=O) groups is 1. The summed E-state index contributed by atoms with van der Waals surface area (Å²) in [6.45, 7) is 2.53. The SMILES string of the molecule is CSc1sc(C(=O)N2CCC3(CC2)COc2ccc(CN)cc23)cc1C=CB(O)O. The van der Waals surface area contributed by atoms with Gasteiger partial charge in [0.25, 0.3) is 5.91 Å². The molecule has 3 heterocycles. The molecule has 4 rings (SSSR count). The molecule has 1 aromatic heterocycles. The zero-order valence-electron chi connectivity index (χ0n) is 16.8. The Morgan fingerprint density at radius 1 is 1.37 bits per heavy atom. The summed E-state index contributed by atoms with van der Waals surface area (Å²) in [5.41, 5.74) is 8.96. The van der Waals surface area contributed by atoms with Crippen LogP contribution < -0.4 is 10.5 Å². The van der Waals surface area contributed by atoms with E-state index in [0.29, 0.717) is 31.1 Å². The maximum atomic E-state index is 13.1. The lowest BCUT2D eigenvalue weighted by Crippen LogP contribution is -2.45. The fourth-order valence-electron chi connectivity index (χ4n) is 4.20. The lowest BCUT2D eigenvalue weighted by atomic mass is 9.74. The van der Waals surface area contributed by atoms with Crippen molar-refractivity contribution in [1.82, 2.24) is 4.90 Å². The number of amides is 1. The summed E-state index contributed by atoms with van der Waals surface area (Å²) >= 11 is 3.00. The Kier molecular flexibility index (Phi) is 6.27. The summed E-state index contributed by atoms with van der Waals surface area (Å²) < 4.78 is 6.94.